The smallest absolute Gasteiger partial charge is 0.246 e. The SMILES string of the molecule is CCC(C)NC(=O)C(C1CCCC1)N1CCN(C(=O)/C=C/c2ccccc2)CC1. The number of piperazine rings is 1. The van der Waals surface area contributed by atoms with E-state index in [1.54, 1.807) is 6.08 Å². The van der Waals surface area contributed by atoms with Crippen LogP contribution in [-0.4, -0.2) is 59.9 Å². The predicted octanol–water partition coefficient (Wildman–Crippen LogP) is 3.32. The van der Waals surface area contributed by atoms with Crippen LogP contribution in [0.25, 0.3) is 6.08 Å². The maximum atomic E-state index is 13.0. The Morgan fingerprint density at radius 3 is 2.38 bits per heavy atom. The van der Waals surface area contributed by atoms with Crippen molar-refractivity contribution in [2.75, 3.05) is 26.2 Å². The molecule has 1 aromatic carbocycles. The second kappa shape index (κ2) is 10.6. The number of nitrogens with one attached hydrogen (secondary N) is 1. The van der Waals surface area contributed by atoms with Crippen molar-refractivity contribution in [2.24, 2.45) is 5.92 Å². The lowest BCUT2D eigenvalue weighted by Crippen LogP contribution is -2.58. The largest absolute Gasteiger partial charge is 0.352 e. The highest BCUT2D eigenvalue weighted by Crippen LogP contribution is 2.31. The van der Waals surface area contributed by atoms with Gasteiger partial charge in [-0.05, 0) is 43.7 Å². The average molecular weight is 398 g/mol. The van der Waals surface area contributed by atoms with E-state index < -0.39 is 0 Å². The molecule has 29 heavy (non-hydrogen) atoms. The van der Waals surface area contributed by atoms with Crippen LogP contribution in [0.3, 0.4) is 0 Å². The van der Waals surface area contributed by atoms with Crippen LogP contribution in [0.1, 0.15) is 51.5 Å². The van der Waals surface area contributed by atoms with E-state index in [2.05, 4.69) is 24.1 Å². The van der Waals surface area contributed by atoms with E-state index in [0.717, 1.165) is 37.9 Å². The maximum Gasteiger partial charge on any atom is 0.246 e. The molecule has 1 aromatic rings. The monoisotopic (exact) mass is 397 g/mol. The van der Waals surface area contributed by atoms with Crippen molar-refractivity contribution in [1.29, 1.82) is 0 Å². The van der Waals surface area contributed by atoms with E-state index in [4.69, 9.17) is 0 Å². The molecule has 1 saturated heterocycles. The van der Waals surface area contributed by atoms with E-state index in [0.29, 0.717) is 19.0 Å². The number of carbonyl (C=O) groups excluding carboxylic acids is 2. The molecule has 1 saturated carbocycles. The van der Waals surface area contributed by atoms with Gasteiger partial charge >= 0.3 is 0 Å². The first-order chi connectivity index (χ1) is 14.1. The Bertz CT molecular complexity index is 689. The van der Waals surface area contributed by atoms with E-state index in [1.807, 2.05) is 41.3 Å². The van der Waals surface area contributed by atoms with Gasteiger partial charge in [0.25, 0.3) is 0 Å². The number of benzene rings is 1. The van der Waals surface area contributed by atoms with Crippen LogP contribution >= 0.6 is 0 Å². The molecule has 2 aliphatic rings. The Balaban J connectivity index is 1.58. The Morgan fingerprint density at radius 1 is 1.10 bits per heavy atom. The zero-order chi connectivity index (χ0) is 20.6. The minimum absolute atomic E-state index is 0.0509. The minimum atomic E-state index is -0.0522. The van der Waals surface area contributed by atoms with E-state index in [9.17, 15) is 9.59 Å². The molecule has 3 rings (SSSR count). The molecule has 1 aliphatic heterocycles. The molecule has 1 aliphatic carbocycles. The molecule has 2 fully saturated rings. The summed E-state index contributed by atoms with van der Waals surface area (Å²) in [6.07, 6.45) is 9.19. The van der Waals surface area contributed by atoms with Crippen molar-refractivity contribution >= 4 is 17.9 Å². The summed E-state index contributed by atoms with van der Waals surface area (Å²) < 4.78 is 0. The first-order valence-electron chi connectivity index (χ1n) is 11.1. The topological polar surface area (TPSA) is 52.7 Å². The lowest BCUT2D eigenvalue weighted by Gasteiger charge is -2.40. The molecule has 0 aromatic heterocycles. The molecular weight excluding hydrogens is 362 g/mol. The Kier molecular flexibility index (Phi) is 7.87. The molecule has 158 valence electrons. The van der Waals surface area contributed by atoms with E-state index in [1.165, 1.54) is 12.8 Å². The number of carbonyl (C=O) groups is 2. The van der Waals surface area contributed by atoms with Crippen molar-refractivity contribution in [2.45, 2.75) is 58.0 Å². The van der Waals surface area contributed by atoms with Crippen molar-refractivity contribution < 1.29 is 9.59 Å². The molecule has 2 amide bonds. The van der Waals surface area contributed by atoms with Gasteiger partial charge in [0, 0.05) is 38.3 Å². The van der Waals surface area contributed by atoms with Crippen LogP contribution in [0.4, 0.5) is 0 Å². The standard InChI is InChI=1S/C24H35N3O2/c1-3-19(2)25-24(29)23(21-11-7-8-12-21)27-17-15-26(16-18-27)22(28)14-13-20-9-5-4-6-10-20/h4-6,9-10,13-14,19,21,23H,3,7-8,11-12,15-18H2,1-2H3,(H,25,29)/b14-13+. The zero-order valence-electron chi connectivity index (χ0n) is 17.8. The summed E-state index contributed by atoms with van der Waals surface area (Å²) in [5.74, 6) is 0.671. The fourth-order valence-corrected chi connectivity index (χ4v) is 4.44. The van der Waals surface area contributed by atoms with Gasteiger partial charge in [0.05, 0.1) is 6.04 Å². The number of nitrogens with zero attached hydrogens (tertiary/aromatic N) is 2. The maximum absolute atomic E-state index is 13.0. The van der Waals surface area contributed by atoms with Crippen molar-refractivity contribution in [3.63, 3.8) is 0 Å². The molecule has 5 heteroatoms. The quantitative estimate of drug-likeness (QED) is 0.718. The predicted molar refractivity (Wildman–Crippen MR) is 117 cm³/mol. The zero-order valence-corrected chi connectivity index (χ0v) is 17.8. The molecule has 2 atom stereocenters. The van der Waals surface area contributed by atoms with Crippen molar-refractivity contribution in [3.8, 4) is 0 Å². The lowest BCUT2D eigenvalue weighted by molar-refractivity contribution is -0.132. The molecular formula is C24H35N3O2. The summed E-state index contributed by atoms with van der Waals surface area (Å²) >= 11 is 0. The summed E-state index contributed by atoms with van der Waals surface area (Å²) in [4.78, 5) is 29.8. The first kappa shape index (κ1) is 21.6. The number of amides is 2. The van der Waals surface area contributed by atoms with Crippen molar-refractivity contribution in [1.82, 2.24) is 15.1 Å². The molecule has 2 unspecified atom stereocenters. The summed E-state index contributed by atoms with van der Waals surface area (Å²) in [6, 6.07) is 10.0. The van der Waals surface area contributed by atoms with Crippen LogP contribution in [0.5, 0.6) is 0 Å². The molecule has 0 bridgehead atoms. The van der Waals surface area contributed by atoms with Gasteiger partial charge in [-0.15, -0.1) is 0 Å². The average Bonchev–Trinajstić information content (AvgIpc) is 3.27. The lowest BCUT2D eigenvalue weighted by atomic mass is 9.94. The highest BCUT2D eigenvalue weighted by atomic mass is 16.2. The van der Waals surface area contributed by atoms with Gasteiger partial charge < -0.3 is 10.2 Å². The van der Waals surface area contributed by atoms with Crippen LogP contribution in [0, 0.1) is 5.92 Å². The summed E-state index contributed by atoms with van der Waals surface area (Å²) in [6.45, 7) is 7.05. The summed E-state index contributed by atoms with van der Waals surface area (Å²) in [5.41, 5.74) is 1.03. The third kappa shape index (κ3) is 5.92. The van der Waals surface area contributed by atoms with Gasteiger partial charge in [0.2, 0.25) is 11.8 Å². The second-order valence-electron chi connectivity index (χ2n) is 8.41. The third-order valence-corrected chi connectivity index (χ3v) is 6.35. The van der Waals surface area contributed by atoms with Crippen molar-refractivity contribution in [3.05, 3.63) is 42.0 Å². The molecule has 1 heterocycles. The summed E-state index contributed by atoms with van der Waals surface area (Å²) in [7, 11) is 0. The van der Waals surface area contributed by atoms with E-state index in [-0.39, 0.29) is 23.9 Å². The molecule has 5 nitrogen and oxygen atoms in total. The molecule has 0 radical (unpaired) electrons. The van der Waals surface area contributed by atoms with Gasteiger partial charge in [-0.25, -0.2) is 0 Å². The van der Waals surface area contributed by atoms with Gasteiger partial charge in [-0.3, -0.25) is 14.5 Å². The van der Waals surface area contributed by atoms with Gasteiger partial charge in [-0.1, -0.05) is 50.1 Å². The van der Waals surface area contributed by atoms with Crippen LogP contribution < -0.4 is 5.32 Å². The summed E-state index contributed by atoms with van der Waals surface area (Å²) in [5, 5.41) is 3.20. The highest BCUT2D eigenvalue weighted by Gasteiger charge is 2.37. The number of rotatable bonds is 7. The minimum Gasteiger partial charge on any atom is -0.352 e. The van der Waals surface area contributed by atoms with Crippen LogP contribution in [0.2, 0.25) is 0 Å². The number of hydrogen-bond donors (Lipinski definition) is 1. The first-order valence-corrected chi connectivity index (χ1v) is 11.1. The fourth-order valence-electron chi connectivity index (χ4n) is 4.44. The molecule has 0 spiro atoms. The Labute approximate surface area is 175 Å². The molecule has 1 N–H and O–H groups in total. The highest BCUT2D eigenvalue weighted by molar-refractivity contribution is 5.91. The fraction of sp³-hybridized carbons (Fsp3) is 0.583. The normalized spacial score (nSPS) is 20.7. The third-order valence-electron chi connectivity index (χ3n) is 6.35. The van der Waals surface area contributed by atoms with Gasteiger partial charge in [-0.2, -0.15) is 0 Å². The Hall–Kier alpha value is -2.14. The Morgan fingerprint density at radius 2 is 1.76 bits per heavy atom. The van der Waals surface area contributed by atoms with Gasteiger partial charge in [0.1, 0.15) is 0 Å². The van der Waals surface area contributed by atoms with E-state index >= 15 is 0 Å². The van der Waals surface area contributed by atoms with Gasteiger partial charge in [0.15, 0.2) is 0 Å². The second-order valence-corrected chi connectivity index (χ2v) is 8.41. The van der Waals surface area contributed by atoms with Crippen LogP contribution in [0.15, 0.2) is 36.4 Å². The van der Waals surface area contributed by atoms with Crippen LogP contribution in [-0.2, 0) is 9.59 Å². The number of hydrogen-bond acceptors (Lipinski definition) is 3.